The molecule has 2 aliphatic rings. The highest BCUT2D eigenvalue weighted by Gasteiger charge is 2.45. The van der Waals surface area contributed by atoms with Crippen LogP contribution < -0.4 is 20.1 Å². The average Bonchev–Trinajstić information content (AvgIpc) is 2.79. The highest BCUT2D eigenvalue weighted by molar-refractivity contribution is 6.02. The molecule has 182 valence electrons. The average molecular weight is 472 g/mol. The first-order valence-electron chi connectivity index (χ1n) is 12.1. The van der Waals surface area contributed by atoms with Crippen molar-refractivity contribution in [2.45, 2.75) is 53.4 Å². The van der Waals surface area contributed by atoms with Gasteiger partial charge >= 0.3 is 0 Å². The predicted octanol–water partition coefficient (Wildman–Crippen LogP) is 5.73. The summed E-state index contributed by atoms with van der Waals surface area (Å²) < 4.78 is 11.7. The quantitative estimate of drug-likeness (QED) is 0.578. The summed E-state index contributed by atoms with van der Waals surface area (Å²) in [4.78, 5) is 15.7. The number of rotatable bonds is 6. The van der Waals surface area contributed by atoms with E-state index in [1.807, 2.05) is 68.1 Å². The van der Waals surface area contributed by atoms with Crippen molar-refractivity contribution in [2.24, 2.45) is 11.1 Å². The number of carbonyl (C=O) groups is 1. The summed E-state index contributed by atoms with van der Waals surface area (Å²) in [6.07, 6.45) is 1.06. The van der Waals surface area contributed by atoms with E-state index in [2.05, 4.69) is 19.9 Å². The van der Waals surface area contributed by atoms with Crippen molar-refractivity contribution < 1.29 is 14.3 Å². The minimum atomic E-state index is -0.624. The molecule has 1 aliphatic heterocycles. The maximum Gasteiger partial charge on any atom is 0.162 e. The van der Waals surface area contributed by atoms with Crippen molar-refractivity contribution >= 4 is 11.5 Å². The van der Waals surface area contributed by atoms with Crippen LogP contribution in [0.4, 0.5) is 5.69 Å². The van der Waals surface area contributed by atoms with Crippen LogP contribution in [0.15, 0.2) is 65.1 Å². The number of aryl methyl sites for hydroxylation is 1. The first-order chi connectivity index (χ1) is 16.7. The molecule has 1 heterocycles. The van der Waals surface area contributed by atoms with Gasteiger partial charge in [-0.3, -0.25) is 9.69 Å². The first-order valence-corrected chi connectivity index (χ1v) is 12.1. The number of anilines is 1. The lowest BCUT2D eigenvalue weighted by Crippen LogP contribution is -2.42. The van der Waals surface area contributed by atoms with Crippen LogP contribution >= 0.6 is 0 Å². The molecule has 0 amide bonds. The number of hydrogen-bond donors (Lipinski definition) is 1. The minimum Gasteiger partial charge on any atom is -0.494 e. The third-order valence-electron chi connectivity index (χ3n) is 6.54. The van der Waals surface area contributed by atoms with Crippen molar-refractivity contribution in [3.63, 3.8) is 0 Å². The molecule has 0 spiro atoms. The molecule has 1 atom stereocenters. The summed E-state index contributed by atoms with van der Waals surface area (Å²) in [7, 11) is 0. The van der Waals surface area contributed by atoms with Gasteiger partial charge in [0.15, 0.2) is 5.78 Å². The lowest BCUT2D eigenvalue weighted by molar-refractivity contribution is -0.118. The number of hydrogen-bond acceptors (Lipinski definition) is 6. The number of nitrogens with zero attached hydrogens (tertiary/aromatic N) is 2. The monoisotopic (exact) mass is 471 g/mol. The number of benzene rings is 2. The predicted molar refractivity (Wildman–Crippen MR) is 137 cm³/mol. The Kier molecular flexibility index (Phi) is 6.62. The Hall–Kier alpha value is -3.72. The molecule has 4 rings (SSSR count). The van der Waals surface area contributed by atoms with Crippen molar-refractivity contribution in [1.82, 2.24) is 0 Å². The summed E-state index contributed by atoms with van der Waals surface area (Å²) >= 11 is 0. The van der Waals surface area contributed by atoms with Crippen LogP contribution in [0.2, 0.25) is 0 Å². The van der Waals surface area contributed by atoms with Crippen LogP contribution in [0.5, 0.6) is 11.5 Å². The third-order valence-corrected chi connectivity index (χ3v) is 6.54. The zero-order valence-corrected chi connectivity index (χ0v) is 21.1. The molecule has 0 fully saturated rings. The fraction of sp³-hybridized carbons (Fsp3) is 0.379. The lowest BCUT2D eigenvalue weighted by Gasteiger charge is -2.44. The van der Waals surface area contributed by atoms with Crippen molar-refractivity contribution in [2.75, 3.05) is 18.1 Å². The summed E-state index contributed by atoms with van der Waals surface area (Å²) in [5.41, 5.74) is 11.0. The van der Waals surface area contributed by atoms with E-state index in [-0.39, 0.29) is 11.2 Å². The van der Waals surface area contributed by atoms with E-state index in [1.54, 1.807) is 0 Å². The van der Waals surface area contributed by atoms with Gasteiger partial charge in [-0.1, -0.05) is 26.0 Å². The van der Waals surface area contributed by atoms with E-state index in [0.29, 0.717) is 54.5 Å². The summed E-state index contributed by atoms with van der Waals surface area (Å²) in [5, 5.41) is 10.4. The molecule has 6 heteroatoms. The Bertz CT molecular complexity index is 1270. The molecule has 6 nitrogen and oxygen atoms in total. The molecule has 2 aromatic rings. The first kappa shape index (κ1) is 24.4. The number of Topliss-reactive ketones (excluding diaryl/α,β-unsaturated/α-hetero) is 1. The number of ether oxygens (including phenoxy) is 2. The zero-order valence-electron chi connectivity index (χ0n) is 21.1. The molecule has 0 bridgehead atoms. The van der Waals surface area contributed by atoms with Gasteiger partial charge in [0.2, 0.25) is 0 Å². The molecular formula is C29H33N3O3. The fourth-order valence-electron chi connectivity index (χ4n) is 5.18. The molecule has 0 saturated heterocycles. The molecule has 0 radical (unpaired) electrons. The van der Waals surface area contributed by atoms with E-state index in [9.17, 15) is 10.1 Å². The molecule has 0 saturated carbocycles. The second kappa shape index (κ2) is 9.50. The topological polar surface area (TPSA) is 88.6 Å². The van der Waals surface area contributed by atoms with Gasteiger partial charge in [0.05, 0.1) is 30.8 Å². The van der Waals surface area contributed by atoms with E-state index in [4.69, 9.17) is 15.2 Å². The Morgan fingerprint density at radius 3 is 2.51 bits per heavy atom. The molecular weight excluding hydrogens is 438 g/mol. The normalized spacial score (nSPS) is 19.4. The van der Waals surface area contributed by atoms with E-state index in [1.165, 1.54) is 0 Å². The molecule has 2 aromatic carbocycles. The third kappa shape index (κ3) is 4.51. The summed E-state index contributed by atoms with van der Waals surface area (Å²) in [6.45, 7) is 11.0. The van der Waals surface area contributed by atoms with Crippen molar-refractivity contribution in [1.29, 1.82) is 5.26 Å². The van der Waals surface area contributed by atoms with Gasteiger partial charge in [-0.05, 0) is 68.5 Å². The Morgan fingerprint density at radius 2 is 1.86 bits per heavy atom. The van der Waals surface area contributed by atoms with Crippen LogP contribution in [-0.2, 0) is 4.79 Å². The van der Waals surface area contributed by atoms with Gasteiger partial charge in [0.25, 0.3) is 0 Å². The minimum absolute atomic E-state index is 0.0309. The molecule has 35 heavy (non-hydrogen) atoms. The summed E-state index contributed by atoms with van der Waals surface area (Å²) in [6, 6.07) is 15.9. The van der Waals surface area contributed by atoms with E-state index in [0.717, 1.165) is 22.5 Å². The number of nitrogens with two attached hydrogens (primary N) is 1. The van der Waals surface area contributed by atoms with Crippen LogP contribution in [0.3, 0.4) is 0 Å². The second-order valence-electron chi connectivity index (χ2n) is 9.89. The van der Waals surface area contributed by atoms with Crippen LogP contribution in [-0.4, -0.2) is 19.0 Å². The standard InChI is InChI=1S/C29H33N3O3/c1-6-34-20-11-12-25(35-7-2)21(14-20)26-22(17-30)28(31)32(19-10-8-9-18(3)13-19)23-15-29(4,5)16-24(33)27(23)26/h8-14,26H,6-7,15-16,31H2,1-5H3. The number of carbonyl (C=O) groups excluding carboxylic acids is 1. The van der Waals surface area contributed by atoms with Gasteiger partial charge in [-0.15, -0.1) is 0 Å². The Balaban J connectivity index is 2.02. The second-order valence-corrected chi connectivity index (χ2v) is 9.89. The van der Waals surface area contributed by atoms with Gasteiger partial charge < -0.3 is 15.2 Å². The maximum atomic E-state index is 13.8. The molecule has 1 aliphatic carbocycles. The van der Waals surface area contributed by atoms with Gasteiger partial charge in [0.1, 0.15) is 17.3 Å². The van der Waals surface area contributed by atoms with Crippen LogP contribution in [0.1, 0.15) is 57.6 Å². The number of allylic oxidation sites excluding steroid dienone is 3. The molecule has 2 N–H and O–H groups in total. The maximum absolute atomic E-state index is 13.8. The van der Waals surface area contributed by atoms with Gasteiger partial charge in [-0.2, -0.15) is 5.26 Å². The molecule has 0 aromatic heterocycles. The number of ketones is 1. The van der Waals surface area contributed by atoms with Crippen molar-refractivity contribution in [3.05, 3.63) is 76.3 Å². The van der Waals surface area contributed by atoms with Crippen LogP contribution in [0, 0.1) is 23.7 Å². The lowest BCUT2D eigenvalue weighted by atomic mass is 9.68. The van der Waals surface area contributed by atoms with Crippen LogP contribution in [0.25, 0.3) is 0 Å². The SMILES string of the molecule is CCOc1ccc(OCC)c(C2C(C#N)=C(N)N(c3cccc(C)c3)C3=C2C(=O)CC(C)(C)C3)c1. The van der Waals surface area contributed by atoms with Crippen molar-refractivity contribution in [3.8, 4) is 17.6 Å². The summed E-state index contributed by atoms with van der Waals surface area (Å²) in [5.74, 6) is 1.03. The largest absolute Gasteiger partial charge is 0.494 e. The highest BCUT2D eigenvalue weighted by atomic mass is 16.5. The van der Waals surface area contributed by atoms with Gasteiger partial charge in [-0.25, -0.2) is 0 Å². The smallest absolute Gasteiger partial charge is 0.162 e. The van der Waals surface area contributed by atoms with E-state index >= 15 is 0 Å². The molecule has 1 unspecified atom stereocenters. The van der Waals surface area contributed by atoms with E-state index < -0.39 is 5.92 Å². The Morgan fingerprint density at radius 1 is 1.11 bits per heavy atom. The van der Waals surface area contributed by atoms with Gasteiger partial charge in [0, 0.05) is 28.9 Å². The highest BCUT2D eigenvalue weighted by Crippen LogP contribution is 2.52. The fourth-order valence-corrected chi connectivity index (χ4v) is 5.18. The number of nitriles is 1. The zero-order chi connectivity index (χ0) is 25.3. The Labute approximate surface area is 207 Å².